The van der Waals surface area contributed by atoms with E-state index in [2.05, 4.69) is 20.3 Å². The molecule has 1 aliphatic rings. The van der Waals surface area contributed by atoms with E-state index in [1.54, 1.807) is 30.3 Å². The van der Waals surface area contributed by atoms with Crippen molar-refractivity contribution in [2.24, 2.45) is 0 Å². The van der Waals surface area contributed by atoms with Gasteiger partial charge in [-0.15, -0.1) is 10.2 Å². The van der Waals surface area contributed by atoms with Crippen molar-refractivity contribution >= 4 is 5.91 Å². The van der Waals surface area contributed by atoms with E-state index in [-0.39, 0.29) is 11.9 Å². The summed E-state index contributed by atoms with van der Waals surface area (Å²) in [6.45, 7) is 5.12. The van der Waals surface area contributed by atoms with Crippen LogP contribution in [-0.4, -0.2) is 42.3 Å². The summed E-state index contributed by atoms with van der Waals surface area (Å²) in [5.41, 5.74) is 0.308. The van der Waals surface area contributed by atoms with E-state index in [1.807, 2.05) is 23.6 Å². The number of carbonyl (C=O) groups is 1. The zero-order chi connectivity index (χ0) is 18.1. The molecule has 0 radical (unpaired) electrons. The molecule has 0 bridgehead atoms. The van der Waals surface area contributed by atoms with Crippen molar-refractivity contribution in [1.82, 2.24) is 29.8 Å². The van der Waals surface area contributed by atoms with Crippen molar-refractivity contribution in [2.45, 2.75) is 33.0 Å². The first kappa shape index (κ1) is 16.2. The molecule has 1 amide bonds. The Bertz CT molecular complexity index is 920. The Morgan fingerprint density at radius 1 is 1.38 bits per heavy atom. The standard InChI is InChI=1S/C17H18N6O3/c1-11-8-14(21-26-11)17(24)22-6-7-23-15(19-20-16(23)12(22)2)10-25-13-4-3-5-18-9-13/h3-5,8-9,12H,6-7,10H2,1-2H3/t12-/m0/s1. The van der Waals surface area contributed by atoms with Crippen LogP contribution in [0.25, 0.3) is 0 Å². The van der Waals surface area contributed by atoms with Crippen LogP contribution in [0.1, 0.15) is 40.9 Å². The van der Waals surface area contributed by atoms with Crippen molar-refractivity contribution in [3.05, 3.63) is 53.7 Å². The first-order chi connectivity index (χ1) is 12.6. The van der Waals surface area contributed by atoms with Crippen LogP contribution < -0.4 is 4.74 Å². The van der Waals surface area contributed by atoms with Crippen molar-refractivity contribution < 1.29 is 14.1 Å². The molecule has 0 aliphatic carbocycles. The summed E-state index contributed by atoms with van der Waals surface area (Å²) >= 11 is 0. The molecule has 0 spiro atoms. The van der Waals surface area contributed by atoms with Gasteiger partial charge in [-0.1, -0.05) is 5.16 Å². The summed E-state index contributed by atoms with van der Waals surface area (Å²) in [4.78, 5) is 18.4. The fraction of sp³-hybridized carbons (Fsp3) is 0.353. The normalized spacial score (nSPS) is 16.4. The highest BCUT2D eigenvalue weighted by Crippen LogP contribution is 2.26. The molecule has 3 aromatic heterocycles. The number of hydrogen-bond donors (Lipinski definition) is 0. The number of rotatable bonds is 4. The zero-order valence-electron chi connectivity index (χ0n) is 14.5. The third-order valence-electron chi connectivity index (χ3n) is 4.37. The van der Waals surface area contributed by atoms with E-state index in [1.165, 1.54) is 0 Å². The number of aromatic nitrogens is 5. The van der Waals surface area contributed by atoms with E-state index >= 15 is 0 Å². The molecule has 1 aliphatic heterocycles. The largest absolute Gasteiger partial charge is 0.484 e. The molecule has 134 valence electrons. The van der Waals surface area contributed by atoms with Gasteiger partial charge in [0.1, 0.15) is 18.1 Å². The molecule has 9 nitrogen and oxygen atoms in total. The average Bonchev–Trinajstić information content (AvgIpc) is 3.27. The maximum absolute atomic E-state index is 12.7. The van der Waals surface area contributed by atoms with Gasteiger partial charge in [0, 0.05) is 25.4 Å². The van der Waals surface area contributed by atoms with Gasteiger partial charge in [0.15, 0.2) is 17.3 Å². The van der Waals surface area contributed by atoms with Crippen molar-refractivity contribution in [3.63, 3.8) is 0 Å². The van der Waals surface area contributed by atoms with E-state index in [0.29, 0.717) is 36.9 Å². The molecule has 9 heteroatoms. The van der Waals surface area contributed by atoms with Crippen LogP contribution in [0.3, 0.4) is 0 Å². The van der Waals surface area contributed by atoms with Crippen LogP contribution in [-0.2, 0) is 13.2 Å². The number of ether oxygens (including phenoxy) is 1. The summed E-state index contributed by atoms with van der Waals surface area (Å²) in [5.74, 6) is 2.56. The van der Waals surface area contributed by atoms with E-state index in [4.69, 9.17) is 9.26 Å². The molecule has 0 N–H and O–H groups in total. The lowest BCUT2D eigenvalue weighted by molar-refractivity contribution is 0.0624. The first-order valence-corrected chi connectivity index (χ1v) is 8.32. The smallest absolute Gasteiger partial charge is 0.276 e. The van der Waals surface area contributed by atoms with Crippen LogP contribution in [0.5, 0.6) is 5.75 Å². The summed E-state index contributed by atoms with van der Waals surface area (Å²) in [7, 11) is 0. The Kier molecular flexibility index (Phi) is 4.11. The average molecular weight is 354 g/mol. The van der Waals surface area contributed by atoms with Crippen molar-refractivity contribution in [2.75, 3.05) is 6.54 Å². The fourth-order valence-electron chi connectivity index (χ4n) is 3.02. The second kappa shape index (κ2) is 6.58. The fourth-order valence-corrected chi connectivity index (χ4v) is 3.02. The monoisotopic (exact) mass is 354 g/mol. The molecule has 0 fully saturated rings. The van der Waals surface area contributed by atoms with Gasteiger partial charge in [-0.25, -0.2) is 0 Å². The van der Waals surface area contributed by atoms with Gasteiger partial charge in [0.25, 0.3) is 5.91 Å². The van der Waals surface area contributed by atoms with Gasteiger partial charge in [0.05, 0.1) is 12.2 Å². The lowest BCUT2D eigenvalue weighted by atomic mass is 10.2. The lowest BCUT2D eigenvalue weighted by Crippen LogP contribution is -2.41. The number of hydrogen-bond acceptors (Lipinski definition) is 7. The van der Waals surface area contributed by atoms with E-state index in [9.17, 15) is 4.79 Å². The van der Waals surface area contributed by atoms with Gasteiger partial charge in [-0.05, 0) is 26.0 Å². The molecule has 0 saturated heterocycles. The molecular weight excluding hydrogens is 336 g/mol. The molecule has 4 rings (SSSR count). The van der Waals surface area contributed by atoms with Gasteiger partial charge in [-0.3, -0.25) is 9.78 Å². The quantitative estimate of drug-likeness (QED) is 0.704. The maximum Gasteiger partial charge on any atom is 0.276 e. The highest BCUT2D eigenvalue weighted by molar-refractivity contribution is 5.92. The van der Waals surface area contributed by atoms with Crippen molar-refractivity contribution in [3.8, 4) is 5.75 Å². The van der Waals surface area contributed by atoms with Gasteiger partial charge in [-0.2, -0.15) is 0 Å². The van der Waals surface area contributed by atoms with Gasteiger partial charge < -0.3 is 18.7 Å². The van der Waals surface area contributed by atoms with Crippen LogP contribution in [0.15, 0.2) is 35.1 Å². The minimum Gasteiger partial charge on any atom is -0.484 e. The SMILES string of the molecule is Cc1cc(C(=O)N2CCn3c(COc4cccnc4)nnc3[C@@H]2C)no1. The number of fused-ring (bicyclic) bond motifs is 1. The molecule has 4 heterocycles. The maximum atomic E-state index is 12.7. The summed E-state index contributed by atoms with van der Waals surface area (Å²) in [6, 6.07) is 5.07. The Hall–Kier alpha value is -3.23. The second-order valence-electron chi connectivity index (χ2n) is 6.10. The Labute approximate surface area is 149 Å². The molecule has 3 aromatic rings. The van der Waals surface area contributed by atoms with E-state index in [0.717, 1.165) is 11.6 Å². The number of nitrogens with zero attached hydrogens (tertiary/aromatic N) is 6. The predicted octanol–water partition coefficient (Wildman–Crippen LogP) is 1.77. The number of aryl methyl sites for hydroxylation is 1. The van der Waals surface area contributed by atoms with Crippen LogP contribution >= 0.6 is 0 Å². The molecule has 0 unspecified atom stereocenters. The topological polar surface area (TPSA) is 99.2 Å². The van der Waals surface area contributed by atoms with Crippen LogP contribution in [0.2, 0.25) is 0 Å². The summed E-state index contributed by atoms with van der Waals surface area (Å²) in [6.07, 6.45) is 3.34. The highest BCUT2D eigenvalue weighted by atomic mass is 16.5. The highest BCUT2D eigenvalue weighted by Gasteiger charge is 2.33. The molecular formula is C17H18N6O3. The van der Waals surface area contributed by atoms with Crippen LogP contribution in [0.4, 0.5) is 0 Å². The minimum atomic E-state index is -0.215. The Balaban J connectivity index is 1.50. The molecule has 1 atom stereocenters. The number of amides is 1. The third kappa shape index (κ3) is 2.92. The Morgan fingerprint density at radius 3 is 3.00 bits per heavy atom. The van der Waals surface area contributed by atoms with Crippen molar-refractivity contribution in [1.29, 1.82) is 0 Å². The Morgan fingerprint density at radius 2 is 2.27 bits per heavy atom. The first-order valence-electron chi connectivity index (χ1n) is 8.32. The predicted molar refractivity (Wildman–Crippen MR) is 89.3 cm³/mol. The lowest BCUT2D eigenvalue weighted by Gasteiger charge is -2.33. The third-order valence-corrected chi connectivity index (χ3v) is 4.37. The number of pyridine rings is 1. The van der Waals surface area contributed by atoms with Crippen LogP contribution in [0, 0.1) is 6.92 Å². The number of carbonyl (C=O) groups excluding carboxylic acids is 1. The molecule has 0 aromatic carbocycles. The molecule has 0 saturated carbocycles. The second-order valence-corrected chi connectivity index (χ2v) is 6.10. The van der Waals surface area contributed by atoms with Gasteiger partial charge >= 0.3 is 0 Å². The summed E-state index contributed by atoms with van der Waals surface area (Å²) in [5, 5.41) is 12.3. The molecule has 26 heavy (non-hydrogen) atoms. The zero-order valence-corrected chi connectivity index (χ0v) is 14.5. The van der Waals surface area contributed by atoms with E-state index < -0.39 is 0 Å². The van der Waals surface area contributed by atoms with Gasteiger partial charge in [0.2, 0.25) is 0 Å². The summed E-state index contributed by atoms with van der Waals surface area (Å²) < 4.78 is 12.7. The minimum absolute atomic E-state index is 0.170.